The quantitative estimate of drug-likeness (QED) is 0.728. The second kappa shape index (κ2) is 4.11. The summed E-state index contributed by atoms with van der Waals surface area (Å²) in [7, 11) is 0. The highest BCUT2D eigenvalue weighted by molar-refractivity contribution is 6.34. The minimum absolute atomic E-state index is 0.0111. The van der Waals surface area contributed by atoms with E-state index in [1.165, 1.54) is 0 Å². The molecular weight excluding hydrogens is 216 g/mol. The van der Waals surface area contributed by atoms with Gasteiger partial charge in [-0.3, -0.25) is 4.79 Å². The molecule has 3 nitrogen and oxygen atoms in total. The molecule has 0 atom stereocenters. The minimum atomic E-state index is 0.0111. The highest BCUT2D eigenvalue weighted by Gasteiger charge is 2.17. The van der Waals surface area contributed by atoms with Crippen LogP contribution in [0.4, 0.5) is 0 Å². The number of ether oxygens (including phenoxy) is 2. The van der Waals surface area contributed by atoms with E-state index in [9.17, 15) is 4.79 Å². The number of benzene rings is 1. The van der Waals surface area contributed by atoms with Gasteiger partial charge in [0.15, 0.2) is 17.3 Å². The summed E-state index contributed by atoms with van der Waals surface area (Å²) in [5.74, 6) is 1.22. The molecule has 2 rings (SSSR count). The molecule has 0 fully saturated rings. The second-order valence-electron chi connectivity index (χ2n) is 3.25. The first-order valence-electron chi connectivity index (χ1n) is 4.84. The van der Waals surface area contributed by atoms with Crippen molar-refractivity contribution in [2.75, 3.05) is 13.2 Å². The van der Waals surface area contributed by atoms with Gasteiger partial charge in [-0.2, -0.15) is 0 Å². The summed E-state index contributed by atoms with van der Waals surface area (Å²) in [6.07, 6.45) is 0.430. The van der Waals surface area contributed by atoms with Crippen LogP contribution < -0.4 is 9.47 Å². The highest BCUT2D eigenvalue weighted by atomic mass is 35.5. The lowest BCUT2D eigenvalue weighted by Gasteiger charge is -2.19. The van der Waals surface area contributed by atoms with Gasteiger partial charge in [0.1, 0.15) is 13.2 Å². The van der Waals surface area contributed by atoms with Gasteiger partial charge in [0.2, 0.25) is 0 Å². The Kier molecular flexibility index (Phi) is 2.82. The summed E-state index contributed by atoms with van der Waals surface area (Å²) in [6, 6.07) is 3.29. The van der Waals surface area contributed by atoms with E-state index in [4.69, 9.17) is 21.1 Å². The Balaban J connectivity index is 2.44. The van der Waals surface area contributed by atoms with Gasteiger partial charge in [-0.25, -0.2) is 0 Å². The molecule has 0 N–H and O–H groups in total. The van der Waals surface area contributed by atoms with Crippen LogP contribution in [-0.2, 0) is 0 Å². The molecule has 1 aromatic carbocycles. The summed E-state index contributed by atoms with van der Waals surface area (Å²) < 4.78 is 10.7. The average molecular weight is 227 g/mol. The van der Waals surface area contributed by atoms with Crippen LogP contribution in [0.2, 0.25) is 5.02 Å². The zero-order valence-corrected chi connectivity index (χ0v) is 9.13. The lowest BCUT2D eigenvalue weighted by Crippen LogP contribution is -2.16. The van der Waals surface area contributed by atoms with Crippen LogP contribution >= 0.6 is 11.6 Å². The number of rotatable bonds is 2. The first kappa shape index (κ1) is 10.3. The summed E-state index contributed by atoms with van der Waals surface area (Å²) >= 11 is 5.98. The lowest BCUT2D eigenvalue weighted by molar-refractivity contribution is 0.0987. The van der Waals surface area contributed by atoms with Crippen molar-refractivity contribution in [3.63, 3.8) is 0 Å². The fourth-order valence-corrected chi connectivity index (χ4v) is 1.73. The van der Waals surface area contributed by atoms with E-state index >= 15 is 0 Å². The summed E-state index contributed by atoms with van der Waals surface area (Å²) in [5.41, 5.74) is 0.503. The number of ketones is 1. The molecular formula is C11H11ClO3. The summed E-state index contributed by atoms with van der Waals surface area (Å²) in [6.45, 7) is 2.83. The number of hydrogen-bond donors (Lipinski definition) is 0. The second-order valence-corrected chi connectivity index (χ2v) is 3.66. The number of Topliss-reactive ketones (excluding diaryl/α,β-unsaturated/α-hetero) is 1. The molecule has 0 aliphatic carbocycles. The molecule has 0 spiro atoms. The van der Waals surface area contributed by atoms with E-state index in [-0.39, 0.29) is 5.78 Å². The van der Waals surface area contributed by atoms with Gasteiger partial charge in [-0.05, 0) is 6.07 Å². The van der Waals surface area contributed by atoms with E-state index in [0.29, 0.717) is 41.7 Å². The van der Waals surface area contributed by atoms with Crippen LogP contribution in [0.5, 0.6) is 11.5 Å². The molecule has 0 amide bonds. The van der Waals surface area contributed by atoms with E-state index in [1.54, 1.807) is 19.1 Å². The van der Waals surface area contributed by atoms with Crippen LogP contribution in [0.3, 0.4) is 0 Å². The molecule has 0 saturated carbocycles. The van der Waals surface area contributed by atoms with Gasteiger partial charge in [0.05, 0.1) is 5.02 Å². The first-order chi connectivity index (χ1) is 7.22. The Morgan fingerprint density at radius 2 is 1.93 bits per heavy atom. The van der Waals surface area contributed by atoms with Crippen molar-refractivity contribution < 1.29 is 14.3 Å². The number of carbonyl (C=O) groups is 1. The van der Waals surface area contributed by atoms with E-state index in [0.717, 1.165) is 0 Å². The van der Waals surface area contributed by atoms with E-state index in [2.05, 4.69) is 0 Å². The normalized spacial score (nSPS) is 13.7. The van der Waals surface area contributed by atoms with Crippen LogP contribution in [0.1, 0.15) is 23.7 Å². The third-order valence-electron chi connectivity index (χ3n) is 2.25. The Labute approximate surface area is 92.9 Å². The third kappa shape index (κ3) is 1.92. The van der Waals surface area contributed by atoms with Crippen LogP contribution in [-0.4, -0.2) is 19.0 Å². The number of halogens is 1. The minimum Gasteiger partial charge on any atom is -0.486 e. The molecule has 1 aliphatic rings. The maximum absolute atomic E-state index is 11.5. The maximum Gasteiger partial charge on any atom is 0.164 e. The molecule has 0 radical (unpaired) electrons. The molecule has 0 bridgehead atoms. The average Bonchev–Trinajstić information content (AvgIpc) is 2.27. The zero-order valence-electron chi connectivity index (χ0n) is 8.38. The van der Waals surface area contributed by atoms with Crippen molar-refractivity contribution in [2.45, 2.75) is 13.3 Å². The van der Waals surface area contributed by atoms with Gasteiger partial charge in [-0.1, -0.05) is 18.5 Å². The van der Waals surface area contributed by atoms with Crippen molar-refractivity contribution in [1.82, 2.24) is 0 Å². The van der Waals surface area contributed by atoms with Crippen molar-refractivity contribution >= 4 is 17.4 Å². The predicted octanol–water partition coefficient (Wildman–Crippen LogP) is 2.70. The van der Waals surface area contributed by atoms with Crippen molar-refractivity contribution in [3.05, 3.63) is 22.7 Å². The Morgan fingerprint density at radius 1 is 1.33 bits per heavy atom. The van der Waals surface area contributed by atoms with E-state index in [1.807, 2.05) is 0 Å². The highest BCUT2D eigenvalue weighted by Crippen LogP contribution is 2.35. The maximum atomic E-state index is 11.5. The number of carbonyl (C=O) groups excluding carboxylic acids is 1. The Bertz CT molecular complexity index is 401. The van der Waals surface area contributed by atoms with Gasteiger partial charge in [0.25, 0.3) is 0 Å². The molecule has 0 unspecified atom stereocenters. The Morgan fingerprint density at radius 3 is 2.53 bits per heavy atom. The largest absolute Gasteiger partial charge is 0.486 e. The van der Waals surface area contributed by atoms with Crippen molar-refractivity contribution in [3.8, 4) is 11.5 Å². The zero-order chi connectivity index (χ0) is 10.8. The third-order valence-corrected chi connectivity index (χ3v) is 2.57. The van der Waals surface area contributed by atoms with Crippen molar-refractivity contribution in [2.24, 2.45) is 0 Å². The lowest BCUT2D eigenvalue weighted by atomic mass is 10.1. The van der Waals surface area contributed by atoms with E-state index < -0.39 is 0 Å². The fraction of sp³-hybridized carbons (Fsp3) is 0.364. The van der Waals surface area contributed by atoms with Gasteiger partial charge < -0.3 is 9.47 Å². The molecule has 1 aromatic rings. The molecule has 0 aromatic heterocycles. The Hall–Kier alpha value is -1.22. The standard InChI is InChI=1S/C11H11ClO3/c1-2-9(13)7-5-10-11(6-8(7)12)15-4-3-14-10/h5-6H,2-4H2,1H3. The molecule has 4 heteroatoms. The SMILES string of the molecule is CCC(=O)c1cc2c(cc1Cl)OCCO2. The molecule has 80 valence electrons. The summed E-state index contributed by atoms with van der Waals surface area (Å²) in [5, 5.41) is 0.422. The van der Waals surface area contributed by atoms with Gasteiger partial charge >= 0.3 is 0 Å². The first-order valence-corrected chi connectivity index (χ1v) is 5.22. The van der Waals surface area contributed by atoms with Gasteiger partial charge in [-0.15, -0.1) is 0 Å². The number of hydrogen-bond acceptors (Lipinski definition) is 3. The molecule has 0 saturated heterocycles. The molecule has 1 aliphatic heterocycles. The monoisotopic (exact) mass is 226 g/mol. The molecule has 15 heavy (non-hydrogen) atoms. The van der Waals surface area contributed by atoms with Crippen LogP contribution in [0, 0.1) is 0 Å². The van der Waals surface area contributed by atoms with Crippen molar-refractivity contribution in [1.29, 1.82) is 0 Å². The van der Waals surface area contributed by atoms with Gasteiger partial charge in [0, 0.05) is 18.1 Å². The molecule has 1 heterocycles. The van der Waals surface area contributed by atoms with Crippen LogP contribution in [0.15, 0.2) is 12.1 Å². The topological polar surface area (TPSA) is 35.5 Å². The predicted molar refractivity (Wildman–Crippen MR) is 57.1 cm³/mol. The number of fused-ring (bicyclic) bond motifs is 1. The van der Waals surface area contributed by atoms with Crippen LogP contribution in [0.25, 0.3) is 0 Å². The smallest absolute Gasteiger partial charge is 0.164 e. The summed E-state index contributed by atoms with van der Waals surface area (Å²) in [4.78, 5) is 11.5. The fourth-order valence-electron chi connectivity index (χ4n) is 1.47.